The van der Waals surface area contributed by atoms with Crippen LogP contribution in [0.2, 0.25) is 0 Å². The van der Waals surface area contributed by atoms with Crippen molar-refractivity contribution in [2.75, 3.05) is 5.32 Å². The van der Waals surface area contributed by atoms with E-state index < -0.39 is 11.7 Å². The lowest BCUT2D eigenvalue weighted by Crippen LogP contribution is -2.20. The van der Waals surface area contributed by atoms with Crippen molar-refractivity contribution in [1.82, 2.24) is 5.43 Å². The van der Waals surface area contributed by atoms with Crippen molar-refractivity contribution in [1.29, 1.82) is 0 Å². The molecule has 6 heteroatoms. The lowest BCUT2D eigenvalue weighted by molar-refractivity contribution is 0.0950. The quantitative estimate of drug-likeness (QED) is 0.517. The lowest BCUT2D eigenvalue weighted by atomic mass is 10.1. The Morgan fingerprint density at radius 3 is 2.25 bits per heavy atom. The maximum atomic E-state index is 13.7. The number of benzene rings is 3. The first-order valence-corrected chi connectivity index (χ1v) is 8.60. The topological polar surface area (TPSA) is 70.6 Å². The third-order valence-electron chi connectivity index (χ3n) is 4.02. The highest BCUT2D eigenvalue weighted by molar-refractivity contribution is 6.06. The highest BCUT2D eigenvalue weighted by Crippen LogP contribution is 2.13. The number of nitrogens with zero attached hydrogens (tertiary/aromatic N) is 1. The number of carbonyl (C=O) groups is 2. The molecule has 2 amide bonds. The van der Waals surface area contributed by atoms with Crippen molar-refractivity contribution in [3.63, 3.8) is 0 Å². The van der Waals surface area contributed by atoms with Gasteiger partial charge in [0, 0.05) is 11.3 Å². The minimum atomic E-state index is -0.633. The number of hydrogen-bond donors (Lipinski definition) is 2. The van der Waals surface area contributed by atoms with Gasteiger partial charge < -0.3 is 5.32 Å². The molecule has 3 aromatic carbocycles. The first-order chi connectivity index (χ1) is 13.5. The molecule has 3 rings (SSSR count). The van der Waals surface area contributed by atoms with Crippen LogP contribution >= 0.6 is 0 Å². The SMILES string of the molecule is C/C(=N/NC(=O)c1ccccc1F)c1cccc(NC(=O)c2ccccc2)c1. The van der Waals surface area contributed by atoms with Crippen LogP contribution in [-0.4, -0.2) is 17.5 Å². The summed E-state index contributed by atoms with van der Waals surface area (Å²) < 4.78 is 13.7. The van der Waals surface area contributed by atoms with Gasteiger partial charge in [0.25, 0.3) is 11.8 Å². The molecule has 28 heavy (non-hydrogen) atoms. The molecule has 0 aliphatic rings. The molecule has 0 heterocycles. The average molecular weight is 375 g/mol. The molecule has 0 atom stereocenters. The molecule has 140 valence electrons. The van der Waals surface area contributed by atoms with Gasteiger partial charge in [0.2, 0.25) is 0 Å². The lowest BCUT2D eigenvalue weighted by Gasteiger charge is -2.08. The van der Waals surface area contributed by atoms with E-state index in [2.05, 4.69) is 15.8 Å². The molecule has 0 aliphatic carbocycles. The largest absolute Gasteiger partial charge is 0.322 e. The van der Waals surface area contributed by atoms with E-state index in [0.717, 1.165) is 0 Å². The maximum Gasteiger partial charge on any atom is 0.274 e. The molecule has 5 nitrogen and oxygen atoms in total. The first-order valence-electron chi connectivity index (χ1n) is 8.60. The van der Waals surface area contributed by atoms with Gasteiger partial charge in [-0.2, -0.15) is 5.10 Å². The normalized spacial score (nSPS) is 11.0. The molecule has 0 aliphatic heterocycles. The molecular formula is C22H18FN3O2. The highest BCUT2D eigenvalue weighted by Gasteiger charge is 2.10. The van der Waals surface area contributed by atoms with Crippen LogP contribution in [0.4, 0.5) is 10.1 Å². The van der Waals surface area contributed by atoms with E-state index in [0.29, 0.717) is 22.5 Å². The summed E-state index contributed by atoms with van der Waals surface area (Å²) in [7, 11) is 0. The Kier molecular flexibility index (Phi) is 5.91. The summed E-state index contributed by atoms with van der Waals surface area (Å²) >= 11 is 0. The van der Waals surface area contributed by atoms with Gasteiger partial charge in [-0.05, 0) is 48.9 Å². The maximum absolute atomic E-state index is 13.7. The molecule has 0 spiro atoms. The standard InChI is InChI=1S/C22H18FN3O2/c1-15(25-26-22(28)19-12-5-6-13-20(19)23)17-10-7-11-18(14-17)24-21(27)16-8-3-2-4-9-16/h2-14H,1H3,(H,24,27)(H,26,28)/b25-15-. The van der Waals surface area contributed by atoms with E-state index in [9.17, 15) is 14.0 Å². The van der Waals surface area contributed by atoms with Crippen LogP contribution in [0.15, 0.2) is 84.0 Å². The van der Waals surface area contributed by atoms with Gasteiger partial charge in [0.1, 0.15) is 5.82 Å². The zero-order valence-corrected chi connectivity index (χ0v) is 15.1. The van der Waals surface area contributed by atoms with Crippen LogP contribution in [0.25, 0.3) is 0 Å². The summed E-state index contributed by atoms with van der Waals surface area (Å²) in [6.45, 7) is 1.71. The predicted octanol–water partition coefficient (Wildman–Crippen LogP) is 4.23. The van der Waals surface area contributed by atoms with Gasteiger partial charge in [-0.1, -0.05) is 42.5 Å². The Morgan fingerprint density at radius 1 is 0.821 bits per heavy atom. The Balaban J connectivity index is 1.70. The zero-order valence-electron chi connectivity index (χ0n) is 15.1. The van der Waals surface area contributed by atoms with Crippen LogP contribution in [0.3, 0.4) is 0 Å². The smallest absolute Gasteiger partial charge is 0.274 e. The minimum absolute atomic E-state index is 0.0806. The number of anilines is 1. The molecular weight excluding hydrogens is 357 g/mol. The molecule has 0 saturated heterocycles. The first kappa shape index (κ1) is 19.0. The molecule has 0 aromatic heterocycles. The van der Waals surface area contributed by atoms with E-state index in [-0.39, 0.29) is 11.5 Å². The second kappa shape index (κ2) is 8.73. The molecule has 3 aromatic rings. The Morgan fingerprint density at radius 2 is 1.50 bits per heavy atom. The van der Waals surface area contributed by atoms with Crippen LogP contribution in [0.1, 0.15) is 33.2 Å². The molecule has 0 radical (unpaired) electrons. The van der Waals surface area contributed by atoms with Crippen LogP contribution in [-0.2, 0) is 0 Å². The minimum Gasteiger partial charge on any atom is -0.322 e. The number of hydrazone groups is 1. The van der Waals surface area contributed by atoms with E-state index in [4.69, 9.17) is 0 Å². The third kappa shape index (κ3) is 4.67. The second-order valence-corrected chi connectivity index (χ2v) is 6.02. The average Bonchev–Trinajstić information content (AvgIpc) is 2.73. The summed E-state index contributed by atoms with van der Waals surface area (Å²) in [5, 5.41) is 6.85. The van der Waals surface area contributed by atoms with Crippen molar-refractivity contribution >= 4 is 23.2 Å². The monoisotopic (exact) mass is 375 g/mol. The van der Waals surface area contributed by atoms with E-state index in [1.807, 2.05) is 6.07 Å². The predicted molar refractivity (Wildman–Crippen MR) is 107 cm³/mol. The fourth-order valence-electron chi connectivity index (χ4n) is 2.52. The van der Waals surface area contributed by atoms with Gasteiger partial charge in [0.05, 0.1) is 11.3 Å². The molecule has 0 fully saturated rings. The fraction of sp³-hybridized carbons (Fsp3) is 0.0455. The molecule has 0 bridgehead atoms. The van der Waals surface area contributed by atoms with Gasteiger partial charge in [-0.25, -0.2) is 9.82 Å². The van der Waals surface area contributed by atoms with Crippen LogP contribution < -0.4 is 10.7 Å². The zero-order chi connectivity index (χ0) is 19.9. The fourth-order valence-corrected chi connectivity index (χ4v) is 2.52. The number of carbonyl (C=O) groups excluding carboxylic acids is 2. The summed E-state index contributed by atoms with van der Waals surface area (Å²) in [6.07, 6.45) is 0. The van der Waals surface area contributed by atoms with E-state index >= 15 is 0 Å². The van der Waals surface area contributed by atoms with Crippen molar-refractivity contribution in [3.8, 4) is 0 Å². The van der Waals surface area contributed by atoms with Crippen molar-refractivity contribution < 1.29 is 14.0 Å². The molecule has 0 unspecified atom stereocenters. The van der Waals surface area contributed by atoms with Crippen molar-refractivity contribution in [2.45, 2.75) is 6.92 Å². The number of amides is 2. The van der Waals surface area contributed by atoms with Crippen molar-refractivity contribution in [3.05, 3.63) is 101 Å². The summed E-state index contributed by atoms with van der Waals surface area (Å²) in [5.41, 5.74) is 4.64. The van der Waals surface area contributed by atoms with Crippen molar-refractivity contribution in [2.24, 2.45) is 5.10 Å². The number of hydrogen-bond acceptors (Lipinski definition) is 3. The third-order valence-corrected chi connectivity index (χ3v) is 4.02. The van der Waals surface area contributed by atoms with Gasteiger partial charge >= 0.3 is 0 Å². The van der Waals surface area contributed by atoms with Gasteiger partial charge in [-0.3, -0.25) is 9.59 Å². The Hall–Kier alpha value is -3.80. The number of nitrogens with one attached hydrogen (secondary N) is 2. The second-order valence-electron chi connectivity index (χ2n) is 6.02. The Bertz CT molecular complexity index is 1030. The van der Waals surface area contributed by atoms with E-state index in [1.54, 1.807) is 61.5 Å². The molecule has 2 N–H and O–H groups in total. The summed E-state index contributed by atoms with van der Waals surface area (Å²) in [4.78, 5) is 24.3. The Labute approximate surface area is 161 Å². The molecule has 0 saturated carbocycles. The number of rotatable bonds is 5. The summed E-state index contributed by atoms with van der Waals surface area (Å²) in [6, 6.07) is 21.6. The summed E-state index contributed by atoms with van der Waals surface area (Å²) in [5.74, 6) is -1.47. The van der Waals surface area contributed by atoms with Crippen LogP contribution in [0, 0.1) is 5.82 Å². The van der Waals surface area contributed by atoms with Gasteiger partial charge in [-0.15, -0.1) is 0 Å². The highest BCUT2D eigenvalue weighted by atomic mass is 19.1. The number of halogens is 1. The van der Waals surface area contributed by atoms with E-state index in [1.165, 1.54) is 18.2 Å². The van der Waals surface area contributed by atoms with Crippen LogP contribution in [0.5, 0.6) is 0 Å². The van der Waals surface area contributed by atoms with Gasteiger partial charge in [0.15, 0.2) is 0 Å².